The lowest BCUT2D eigenvalue weighted by atomic mass is 10.2. The van der Waals surface area contributed by atoms with Gasteiger partial charge in [0.1, 0.15) is 5.01 Å². The van der Waals surface area contributed by atoms with Crippen LogP contribution in [0.1, 0.15) is 37.4 Å². The van der Waals surface area contributed by atoms with Crippen LogP contribution in [0.25, 0.3) is 0 Å². The van der Waals surface area contributed by atoms with Crippen LogP contribution in [0.3, 0.4) is 0 Å². The third kappa shape index (κ3) is 3.87. The molecule has 1 N–H and O–H groups in total. The smallest absolute Gasteiger partial charge is 0.107 e. The minimum atomic E-state index is 0.606. The van der Waals surface area contributed by atoms with Crippen molar-refractivity contribution in [2.24, 2.45) is 0 Å². The first-order valence-corrected chi connectivity index (χ1v) is 5.74. The highest BCUT2D eigenvalue weighted by Crippen LogP contribution is 2.08. The number of aryl methyl sites for hydroxylation is 1. The van der Waals surface area contributed by atoms with Crippen LogP contribution in [0.2, 0.25) is 0 Å². The summed E-state index contributed by atoms with van der Waals surface area (Å²) in [6.45, 7) is 7.39. The molecule has 0 saturated carbocycles. The van der Waals surface area contributed by atoms with Crippen LogP contribution in [-0.4, -0.2) is 11.0 Å². The average Bonchev–Trinajstić information content (AvgIpc) is 2.49. The Hall–Kier alpha value is -0.410. The molecule has 0 aliphatic carbocycles. The van der Waals surface area contributed by atoms with Crippen molar-refractivity contribution < 1.29 is 0 Å². The van der Waals surface area contributed by atoms with Crippen LogP contribution >= 0.6 is 11.3 Å². The molecule has 3 heteroatoms. The third-order valence-electron chi connectivity index (χ3n) is 1.99. The van der Waals surface area contributed by atoms with Crippen molar-refractivity contribution in [1.82, 2.24) is 10.3 Å². The fourth-order valence-electron chi connectivity index (χ4n) is 1.28. The first-order chi connectivity index (χ1) is 6.22. The summed E-state index contributed by atoms with van der Waals surface area (Å²) in [5, 5.41) is 6.75. The van der Waals surface area contributed by atoms with Crippen LogP contribution in [0, 0.1) is 6.92 Å². The summed E-state index contributed by atoms with van der Waals surface area (Å²) in [7, 11) is 0. The molecule has 74 valence electrons. The zero-order chi connectivity index (χ0) is 9.68. The summed E-state index contributed by atoms with van der Waals surface area (Å²) in [5.74, 6) is 0. The van der Waals surface area contributed by atoms with Gasteiger partial charge in [0.25, 0.3) is 0 Å². The van der Waals surface area contributed by atoms with E-state index in [2.05, 4.69) is 29.5 Å². The fourth-order valence-corrected chi connectivity index (χ4v) is 2.00. The quantitative estimate of drug-likeness (QED) is 0.787. The van der Waals surface area contributed by atoms with Crippen molar-refractivity contribution in [2.45, 2.75) is 46.2 Å². The molecule has 1 unspecified atom stereocenters. The van der Waals surface area contributed by atoms with E-state index in [9.17, 15) is 0 Å². The normalized spacial score (nSPS) is 13.2. The average molecular weight is 198 g/mol. The molecule has 0 fully saturated rings. The summed E-state index contributed by atoms with van der Waals surface area (Å²) >= 11 is 1.74. The summed E-state index contributed by atoms with van der Waals surface area (Å²) in [4.78, 5) is 4.40. The SMILES string of the molecule is CCCC(C)NCc1nc(C)cs1. The second-order valence-corrected chi connectivity index (χ2v) is 4.40. The minimum absolute atomic E-state index is 0.606. The van der Waals surface area contributed by atoms with Crippen LogP contribution in [0.5, 0.6) is 0 Å². The molecular formula is C10H18N2S. The fraction of sp³-hybridized carbons (Fsp3) is 0.700. The van der Waals surface area contributed by atoms with E-state index in [1.165, 1.54) is 17.8 Å². The van der Waals surface area contributed by atoms with E-state index in [4.69, 9.17) is 0 Å². The van der Waals surface area contributed by atoms with Gasteiger partial charge >= 0.3 is 0 Å². The lowest BCUT2D eigenvalue weighted by molar-refractivity contribution is 0.507. The van der Waals surface area contributed by atoms with Crippen molar-refractivity contribution in [3.8, 4) is 0 Å². The molecule has 1 atom stereocenters. The highest BCUT2D eigenvalue weighted by atomic mass is 32.1. The molecule has 1 heterocycles. The first kappa shape index (κ1) is 10.7. The summed E-state index contributed by atoms with van der Waals surface area (Å²) in [6, 6.07) is 0.606. The Morgan fingerprint density at radius 2 is 2.38 bits per heavy atom. The third-order valence-corrected chi connectivity index (χ3v) is 2.96. The second kappa shape index (κ2) is 5.35. The zero-order valence-corrected chi connectivity index (χ0v) is 9.45. The van der Waals surface area contributed by atoms with E-state index in [1.807, 2.05) is 6.92 Å². The standard InChI is InChI=1S/C10H18N2S/c1-4-5-8(2)11-6-10-12-9(3)7-13-10/h7-8,11H,4-6H2,1-3H3. The van der Waals surface area contributed by atoms with Crippen molar-refractivity contribution in [1.29, 1.82) is 0 Å². The molecule has 1 rings (SSSR count). The predicted molar refractivity (Wildman–Crippen MR) is 58.1 cm³/mol. The van der Waals surface area contributed by atoms with Gasteiger partial charge in [-0.1, -0.05) is 13.3 Å². The van der Waals surface area contributed by atoms with Gasteiger partial charge in [0.15, 0.2) is 0 Å². The Labute approximate surface area is 84.4 Å². The molecule has 0 amide bonds. The van der Waals surface area contributed by atoms with E-state index < -0.39 is 0 Å². The maximum absolute atomic E-state index is 4.40. The van der Waals surface area contributed by atoms with Crippen molar-refractivity contribution in [3.63, 3.8) is 0 Å². The van der Waals surface area contributed by atoms with Crippen LogP contribution < -0.4 is 5.32 Å². The Balaban J connectivity index is 2.26. The highest BCUT2D eigenvalue weighted by molar-refractivity contribution is 7.09. The second-order valence-electron chi connectivity index (χ2n) is 3.45. The van der Waals surface area contributed by atoms with E-state index in [-0.39, 0.29) is 0 Å². The van der Waals surface area contributed by atoms with E-state index in [1.54, 1.807) is 11.3 Å². The molecular weight excluding hydrogens is 180 g/mol. The molecule has 0 bridgehead atoms. The van der Waals surface area contributed by atoms with Gasteiger partial charge in [0, 0.05) is 23.7 Å². The molecule has 0 radical (unpaired) electrons. The van der Waals surface area contributed by atoms with E-state index in [0.29, 0.717) is 6.04 Å². The van der Waals surface area contributed by atoms with Crippen molar-refractivity contribution >= 4 is 11.3 Å². The molecule has 1 aromatic rings. The lowest BCUT2D eigenvalue weighted by Crippen LogP contribution is -2.24. The highest BCUT2D eigenvalue weighted by Gasteiger charge is 2.01. The number of aromatic nitrogens is 1. The first-order valence-electron chi connectivity index (χ1n) is 4.86. The van der Waals surface area contributed by atoms with Gasteiger partial charge in [-0.15, -0.1) is 11.3 Å². The number of hydrogen-bond donors (Lipinski definition) is 1. The van der Waals surface area contributed by atoms with E-state index >= 15 is 0 Å². The van der Waals surface area contributed by atoms with Crippen LogP contribution in [0.15, 0.2) is 5.38 Å². The Kier molecular flexibility index (Phi) is 4.39. The summed E-state index contributed by atoms with van der Waals surface area (Å²) in [5.41, 5.74) is 1.13. The largest absolute Gasteiger partial charge is 0.308 e. The molecule has 0 spiro atoms. The van der Waals surface area contributed by atoms with Gasteiger partial charge in [-0.2, -0.15) is 0 Å². The number of nitrogens with one attached hydrogen (secondary N) is 1. The molecule has 0 aromatic carbocycles. The Bertz CT molecular complexity index is 245. The van der Waals surface area contributed by atoms with Gasteiger partial charge in [-0.25, -0.2) is 4.98 Å². The molecule has 0 aliphatic heterocycles. The monoisotopic (exact) mass is 198 g/mol. The van der Waals surface area contributed by atoms with Crippen molar-refractivity contribution in [3.05, 3.63) is 16.1 Å². The number of hydrogen-bond acceptors (Lipinski definition) is 3. The van der Waals surface area contributed by atoms with Gasteiger partial charge in [0.05, 0.1) is 0 Å². The zero-order valence-electron chi connectivity index (χ0n) is 8.63. The topological polar surface area (TPSA) is 24.9 Å². The number of nitrogens with zero attached hydrogens (tertiary/aromatic N) is 1. The predicted octanol–water partition coefficient (Wildman–Crippen LogP) is 2.73. The van der Waals surface area contributed by atoms with Crippen molar-refractivity contribution in [2.75, 3.05) is 0 Å². The van der Waals surface area contributed by atoms with Crippen LogP contribution in [-0.2, 0) is 6.54 Å². The van der Waals surface area contributed by atoms with Gasteiger partial charge in [-0.3, -0.25) is 0 Å². The van der Waals surface area contributed by atoms with Crippen LogP contribution in [0.4, 0.5) is 0 Å². The van der Waals surface area contributed by atoms with Gasteiger partial charge in [0.2, 0.25) is 0 Å². The maximum Gasteiger partial charge on any atom is 0.107 e. The summed E-state index contributed by atoms with van der Waals surface area (Å²) < 4.78 is 0. The van der Waals surface area contributed by atoms with Gasteiger partial charge in [-0.05, 0) is 20.3 Å². The molecule has 2 nitrogen and oxygen atoms in total. The minimum Gasteiger partial charge on any atom is -0.308 e. The lowest BCUT2D eigenvalue weighted by Gasteiger charge is -2.10. The number of rotatable bonds is 5. The van der Waals surface area contributed by atoms with Gasteiger partial charge < -0.3 is 5.32 Å². The number of thiazole rings is 1. The molecule has 0 aliphatic rings. The molecule has 1 aromatic heterocycles. The maximum atomic E-state index is 4.40. The molecule has 13 heavy (non-hydrogen) atoms. The summed E-state index contributed by atoms with van der Waals surface area (Å²) in [6.07, 6.45) is 2.48. The molecule has 0 saturated heterocycles. The Morgan fingerprint density at radius 1 is 1.62 bits per heavy atom. The van der Waals surface area contributed by atoms with E-state index in [0.717, 1.165) is 12.2 Å². The Morgan fingerprint density at radius 3 is 2.92 bits per heavy atom.